The van der Waals surface area contributed by atoms with Crippen molar-refractivity contribution in [1.82, 2.24) is 5.32 Å². The highest BCUT2D eigenvalue weighted by molar-refractivity contribution is 5.65. The van der Waals surface area contributed by atoms with Gasteiger partial charge in [0.05, 0.1) is 0 Å². The number of ether oxygens (including phenoxy) is 1. The predicted octanol–water partition coefficient (Wildman–Crippen LogP) is -0.203. The van der Waals surface area contributed by atoms with Crippen LogP contribution in [-0.4, -0.2) is 30.8 Å². The molecule has 1 aliphatic heterocycles. The van der Waals surface area contributed by atoms with Crippen LogP contribution < -0.4 is 16.8 Å². The maximum atomic E-state index is 10.0. The number of rotatable bonds is 0. The van der Waals surface area contributed by atoms with Gasteiger partial charge in [-0.05, 0) is 20.8 Å². The summed E-state index contributed by atoms with van der Waals surface area (Å²) >= 11 is 0. The number of hydrogen-bond donors (Lipinski definition) is 3. The van der Waals surface area contributed by atoms with Crippen LogP contribution in [-0.2, 0) is 4.74 Å². The molecule has 1 heterocycles. The highest BCUT2D eigenvalue weighted by Crippen LogP contribution is 2.04. The monoisotopic (exact) mass is 189 g/mol. The number of carbonyl (C=O) groups is 1. The molecule has 5 N–H and O–H groups in total. The van der Waals surface area contributed by atoms with Crippen LogP contribution in [0.2, 0.25) is 0 Å². The second kappa shape index (κ2) is 5.04. The minimum absolute atomic E-state index is 0.453. The lowest BCUT2D eigenvalue weighted by atomic mass is 10.2. The number of nitrogens with one attached hydrogen (secondary N) is 1. The Kier molecular flexibility index (Phi) is 4.72. The van der Waals surface area contributed by atoms with Crippen molar-refractivity contribution in [3.63, 3.8) is 0 Å². The van der Waals surface area contributed by atoms with Crippen LogP contribution in [0.1, 0.15) is 20.8 Å². The van der Waals surface area contributed by atoms with Gasteiger partial charge < -0.3 is 21.5 Å². The first-order chi connectivity index (χ1) is 5.81. The summed E-state index contributed by atoms with van der Waals surface area (Å²) in [6.45, 7) is 7.31. The Hall–Kier alpha value is -0.810. The molecule has 1 rings (SSSR count). The first-order valence-corrected chi connectivity index (χ1v) is 4.26. The van der Waals surface area contributed by atoms with Gasteiger partial charge in [-0.1, -0.05) is 0 Å². The maximum absolute atomic E-state index is 10.0. The van der Waals surface area contributed by atoms with E-state index in [2.05, 4.69) is 10.1 Å². The van der Waals surface area contributed by atoms with E-state index in [9.17, 15) is 4.79 Å². The fourth-order valence-corrected chi connectivity index (χ4v) is 0.613. The summed E-state index contributed by atoms with van der Waals surface area (Å²) in [4.78, 5) is 10.0. The van der Waals surface area contributed by atoms with Crippen molar-refractivity contribution < 1.29 is 9.53 Å². The van der Waals surface area contributed by atoms with Crippen LogP contribution in [0.4, 0.5) is 4.79 Å². The molecule has 5 heteroatoms. The highest BCUT2D eigenvalue weighted by atomic mass is 16.6. The van der Waals surface area contributed by atoms with E-state index in [1.165, 1.54) is 0 Å². The van der Waals surface area contributed by atoms with E-state index in [4.69, 9.17) is 11.5 Å². The first kappa shape index (κ1) is 12.2. The van der Waals surface area contributed by atoms with Crippen LogP contribution in [0.15, 0.2) is 0 Å². The average Bonchev–Trinajstić information content (AvgIpc) is 1.78. The Balaban J connectivity index is 0.000000243. The topological polar surface area (TPSA) is 90.4 Å². The zero-order valence-corrected chi connectivity index (χ0v) is 8.46. The average molecular weight is 189 g/mol. The molecule has 0 aromatic carbocycles. The Labute approximate surface area is 78.8 Å². The Morgan fingerprint density at radius 1 is 1.46 bits per heavy atom. The molecular formula is C8H19N3O2. The fraction of sp³-hybridized carbons (Fsp3) is 0.875. The van der Waals surface area contributed by atoms with Gasteiger partial charge >= 0.3 is 6.09 Å². The van der Waals surface area contributed by atoms with E-state index < -0.39 is 11.7 Å². The molecular weight excluding hydrogens is 170 g/mol. The van der Waals surface area contributed by atoms with Crippen molar-refractivity contribution in [1.29, 1.82) is 0 Å². The molecule has 0 aliphatic carbocycles. The van der Waals surface area contributed by atoms with Crippen LogP contribution in [0.25, 0.3) is 0 Å². The molecule has 0 aromatic heterocycles. The van der Waals surface area contributed by atoms with Crippen molar-refractivity contribution >= 4 is 6.09 Å². The summed E-state index contributed by atoms with van der Waals surface area (Å²) in [6.07, 6.45) is -0.725. The molecule has 5 nitrogen and oxygen atoms in total. The van der Waals surface area contributed by atoms with Gasteiger partial charge in [0.15, 0.2) is 0 Å². The molecule has 0 aromatic rings. The van der Waals surface area contributed by atoms with Gasteiger partial charge in [-0.25, -0.2) is 4.79 Å². The lowest BCUT2D eigenvalue weighted by Gasteiger charge is -2.21. The number of carbonyl (C=O) groups excluding carboxylic acids is 1. The van der Waals surface area contributed by atoms with Gasteiger partial charge in [0.2, 0.25) is 0 Å². The summed E-state index contributed by atoms with van der Waals surface area (Å²) < 4.78 is 4.58. The van der Waals surface area contributed by atoms with Gasteiger partial charge in [0.25, 0.3) is 0 Å². The van der Waals surface area contributed by atoms with E-state index >= 15 is 0 Å². The first-order valence-electron chi connectivity index (χ1n) is 4.26. The van der Waals surface area contributed by atoms with Gasteiger partial charge in [0, 0.05) is 19.1 Å². The SMILES string of the molecule is CC(C)(C)OC(N)=O.NC1CNC1. The number of primary amides is 1. The maximum Gasteiger partial charge on any atom is 0.405 e. The standard InChI is InChI=1S/C5H11NO2.C3H8N2/c1-5(2,3)8-4(6)7;4-3-1-5-2-3/h1-3H3,(H2,6,7);3,5H,1-2,4H2. The third-order valence-corrected chi connectivity index (χ3v) is 1.22. The smallest absolute Gasteiger partial charge is 0.405 e. The molecule has 0 radical (unpaired) electrons. The van der Waals surface area contributed by atoms with E-state index in [-0.39, 0.29) is 0 Å². The summed E-state index contributed by atoms with van der Waals surface area (Å²) in [5.74, 6) is 0. The minimum Gasteiger partial charge on any atom is -0.444 e. The third-order valence-electron chi connectivity index (χ3n) is 1.22. The van der Waals surface area contributed by atoms with Crippen molar-refractivity contribution in [2.75, 3.05) is 13.1 Å². The lowest BCUT2D eigenvalue weighted by Crippen LogP contribution is -2.52. The molecule has 0 atom stereocenters. The van der Waals surface area contributed by atoms with Crippen LogP contribution in [0.5, 0.6) is 0 Å². The zero-order chi connectivity index (χ0) is 10.5. The molecule has 13 heavy (non-hydrogen) atoms. The van der Waals surface area contributed by atoms with Gasteiger partial charge in [0.1, 0.15) is 5.60 Å². The molecule has 1 fully saturated rings. The van der Waals surface area contributed by atoms with E-state index in [1.807, 2.05) is 0 Å². The van der Waals surface area contributed by atoms with Crippen molar-refractivity contribution in [3.8, 4) is 0 Å². The minimum atomic E-state index is -0.725. The Morgan fingerprint density at radius 2 is 1.85 bits per heavy atom. The van der Waals surface area contributed by atoms with Crippen molar-refractivity contribution in [3.05, 3.63) is 0 Å². The van der Waals surface area contributed by atoms with Crippen LogP contribution in [0.3, 0.4) is 0 Å². The van der Waals surface area contributed by atoms with Crippen LogP contribution >= 0.6 is 0 Å². The third kappa shape index (κ3) is 9.10. The molecule has 0 saturated carbocycles. The lowest BCUT2D eigenvalue weighted by molar-refractivity contribution is 0.0600. The molecule has 1 aliphatic rings. The van der Waals surface area contributed by atoms with Crippen molar-refractivity contribution in [2.45, 2.75) is 32.4 Å². The highest BCUT2D eigenvalue weighted by Gasteiger charge is 2.12. The molecule has 1 saturated heterocycles. The van der Waals surface area contributed by atoms with Gasteiger partial charge in [-0.2, -0.15) is 0 Å². The quantitative estimate of drug-likeness (QED) is 0.492. The normalized spacial score (nSPS) is 16.6. The fourth-order valence-electron chi connectivity index (χ4n) is 0.613. The summed E-state index contributed by atoms with van der Waals surface area (Å²) in [5, 5.41) is 3.04. The van der Waals surface area contributed by atoms with Crippen LogP contribution in [0, 0.1) is 0 Å². The van der Waals surface area contributed by atoms with Gasteiger partial charge in [-0.15, -0.1) is 0 Å². The summed E-state index contributed by atoms with van der Waals surface area (Å²) in [6, 6.07) is 0.454. The molecule has 78 valence electrons. The molecule has 1 amide bonds. The number of hydrogen-bond acceptors (Lipinski definition) is 4. The Morgan fingerprint density at radius 3 is 1.85 bits per heavy atom. The van der Waals surface area contributed by atoms with Crippen molar-refractivity contribution in [2.24, 2.45) is 11.5 Å². The zero-order valence-electron chi connectivity index (χ0n) is 8.46. The summed E-state index contributed by atoms with van der Waals surface area (Å²) in [7, 11) is 0. The van der Waals surface area contributed by atoms with E-state index in [0.29, 0.717) is 6.04 Å². The molecule has 0 spiro atoms. The molecule has 0 unspecified atom stereocenters. The number of amides is 1. The number of nitrogens with two attached hydrogens (primary N) is 2. The largest absolute Gasteiger partial charge is 0.444 e. The van der Waals surface area contributed by atoms with E-state index in [1.54, 1.807) is 20.8 Å². The summed E-state index contributed by atoms with van der Waals surface area (Å²) in [5.41, 5.74) is 9.58. The predicted molar refractivity (Wildman–Crippen MR) is 51.3 cm³/mol. The second-order valence-electron chi connectivity index (χ2n) is 3.95. The van der Waals surface area contributed by atoms with Gasteiger partial charge in [-0.3, -0.25) is 0 Å². The second-order valence-corrected chi connectivity index (χ2v) is 3.95. The Bertz CT molecular complexity index is 161. The van der Waals surface area contributed by atoms with E-state index in [0.717, 1.165) is 13.1 Å². The molecule has 0 bridgehead atoms.